The Morgan fingerprint density at radius 1 is 0.560 bits per heavy atom. The number of carbonyl (C=O) groups is 2. The lowest BCUT2D eigenvalue weighted by Crippen LogP contribution is -2.16. The van der Waals surface area contributed by atoms with E-state index in [1.165, 1.54) is 52.0 Å². The van der Waals surface area contributed by atoms with Gasteiger partial charge in [-0.05, 0) is 83.6 Å². The van der Waals surface area contributed by atoms with E-state index in [1.54, 1.807) is 11.5 Å². The number of rotatable bonds is 14. The van der Waals surface area contributed by atoms with Crippen molar-refractivity contribution in [1.82, 2.24) is 16.1 Å². The topological polar surface area (TPSA) is 99.7 Å². The third-order valence-corrected chi connectivity index (χ3v) is 10.2. The van der Waals surface area contributed by atoms with Crippen LogP contribution in [0.1, 0.15) is 41.6 Å². The molecule has 0 aliphatic carbocycles. The number of carbonyl (C=O) groups excluding carboxylic acids is 2. The summed E-state index contributed by atoms with van der Waals surface area (Å²) in [5, 5.41) is 15.6. The van der Waals surface area contributed by atoms with Crippen molar-refractivity contribution in [3.8, 4) is 20.9 Å². The van der Waals surface area contributed by atoms with E-state index in [0.29, 0.717) is 9.75 Å². The van der Waals surface area contributed by atoms with Gasteiger partial charge in [-0.2, -0.15) is 0 Å². The first-order valence-corrected chi connectivity index (χ1v) is 18.1. The van der Waals surface area contributed by atoms with E-state index >= 15 is 0 Å². The second-order valence-electron chi connectivity index (χ2n) is 11.5. The maximum atomic E-state index is 11.5. The Hall–Kier alpha value is -4.90. The third kappa shape index (κ3) is 11.1. The molecule has 0 atom stereocenters. The summed E-state index contributed by atoms with van der Waals surface area (Å²) in [4.78, 5) is 26.1. The van der Waals surface area contributed by atoms with Crippen molar-refractivity contribution >= 4 is 34.6 Å². The predicted octanol–water partition coefficient (Wildman–Crippen LogP) is 8.40. The van der Waals surface area contributed by atoms with Gasteiger partial charge >= 0.3 is 5.97 Å². The van der Waals surface area contributed by atoms with Gasteiger partial charge in [0.2, 0.25) is 0 Å². The number of ether oxygens (including phenoxy) is 1. The van der Waals surface area contributed by atoms with Crippen molar-refractivity contribution in [3.05, 3.63) is 165 Å². The molecule has 4 N–H and O–H groups in total. The van der Waals surface area contributed by atoms with Gasteiger partial charge in [-0.25, -0.2) is 10.3 Å². The largest absolute Gasteiger partial charge is 0.465 e. The third-order valence-electron chi connectivity index (χ3n) is 7.93. The summed E-state index contributed by atoms with van der Waals surface area (Å²) in [6.07, 6.45) is 2.05. The zero-order valence-corrected chi connectivity index (χ0v) is 29.6. The minimum Gasteiger partial charge on any atom is -0.465 e. The van der Waals surface area contributed by atoms with Crippen LogP contribution in [-0.4, -0.2) is 37.3 Å². The number of thiophene rings is 2. The highest BCUT2D eigenvalue weighted by molar-refractivity contribution is 7.17. The van der Waals surface area contributed by atoms with E-state index in [1.807, 2.05) is 30.3 Å². The zero-order chi connectivity index (χ0) is 35.0. The quantitative estimate of drug-likeness (QED) is 0.0394. The van der Waals surface area contributed by atoms with Gasteiger partial charge in [-0.15, -0.1) is 22.7 Å². The summed E-state index contributed by atoms with van der Waals surface area (Å²) in [6.45, 7) is 3.58. The van der Waals surface area contributed by atoms with Gasteiger partial charge in [0.05, 0.1) is 12.0 Å². The van der Waals surface area contributed by atoms with Crippen molar-refractivity contribution in [1.29, 1.82) is 0 Å². The summed E-state index contributed by atoms with van der Waals surface area (Å²) >= 11 is 2.81. The normalized spacial score (nSPS) is 10.6. The molecule has 0 unspecified atom stereocenters. The summed E-state index contributed by atoms with van der Waals surface area (Å²) in [5.41, 5.74) is 9.01. The fourth-order valence-electron chi connectivity index (χ4n) is 5.17. The molecule has 0 radical (unpaired) electrons. The molecule has 256 valence electrons. The van der Waals surface area contributed by atoms with Crippen molar-refractivity contribution < 1.29 is 19.5 Å². The van der Waals surface area contributed by atoms with E-state index in [2.05, 4.69) is 108 Å². The molecule has 7 nitrogen and oxygen atoms in total. The van der Waals surface area contributed by atoms with Crippen LogP contribution in [-0.2, 0) is 30.7 Å². The molecule has 6 aromatic rings. The van der Waals surface area contributed by atoms with Gasteiger partial charge < -0.3 is 15.4 Å². The average molecular weight is 704 g/mol. The number of hydroxylamine groups is 1. The summed E-state index contributed by atoms with van der Waals surface area (Å²) < 4.78 is 4.75. The highest BCUT2D eigenvalue weighted by Crippen LogP contribution is 2.29. The van der Waals surface area contributed by atoms with Gasteiger partial charge in [-0.3, -0.25) is 10.0 Å². The van der Waals surface area contributed by atoms with Crippen LogP contribution in [0.25, 0.3) is 20.9 Å². The predicted molar refractivity (Wildman–Crippen MR) is 204 cm³/mol. The number of hydrogen-bond acceptors (Lipinski definition) is 8. The minimum absolute atomic E-state index is 0.282. The highest BCUT2D eigenvalue weighted by Gasteiger charge is 2.11. The maximum Gasteiger partial charge on any atom is 0.348 e. The van der Waals surface area contributed by atoms with Crippen molar-refractivity contribution in [3.63, 3.8) is 0 Å². The van der Waals surface area contributed by atoms with Crippen molar-refractivity contribution in [2.24, 2.45) is 0 Å². The minimum atomic E-state index is -0.476. The Balaban J connectivity index is 0.000000194. The molecule has 4 aromatic carbocycles. The molecular formula is C41H41N3O4S2. The number of hydrogen-bond donors (Lipinski definition) is 4. The first-order chi connectivity index (χ1) is 24.5. The monoisotopic (exact) mass is 703 g/mol. The first-order valence-electron chi connectivity index (χ1n) is 16.4. The Morgan fingerprint density at radius 3 is 1.44 bits per heavy atom. The lowest BCUT2D eigenvalue weighted by molar-refractivity contribution is 0.0606. The second kappa shape index (κ2) is 19.3. The number of nitrogens with one attached hydrogen (secondary N) is 3. The van der Waals surface area contributed by atoms with E-state index in [0.717, 1.165) is 59.9 Å². The van der Waals surface area contributed by atoms with Crippen LogP contribution in [0.15, 0.2) is 133 Å². The number of benzene rings is 4. The van der Waals surface area contributed by atoms with Crippen LogP contribution >= 0.6 is 22.7 Å². The standard InChI is InChI=1S/C21H21NO2S.C20H20N2O2S/c1-24-21(23)20-12-11-19(25-20)18-9-7-17(8-10-18)15-22-14-13-16-5-3-2-4-6-16;23-20(22-24)19-11-10-18(25-19)17-8-6-16(7-9-17)14-21-13-12-15-4-2-1-3-5-15/h2-12,22H,13-15H2,1H3;1-11,21,24H,12-14H2,(H,22,23). The van der Waals surface area contributed by atoms with Crippen LogP contribution in [0.3, 0.4) is 0 Å². The summed E-state index contributed by atoms with van der Waals surface area (Å²) in [6, 6.07) is 45.1. The molecule has 0 aliphatic rings. The van der Waals surface area contributed by atoms with Gasteiger partial charge in [-0.1, -0.05) is 109 Å². The van der Waals surface area contributed by atoms with E-state index < -0.39 is 5.91 Å². The van der Waals surface area contributed by atoms with Crippen molar-refractivity contribution in [2.45, 2.75) is 25.9 Å². The van der Waals surface area contributed by atoms with Gasteiger partial charge in [0.15, 0.2) is 0 Å². The van der Waals surface area contributed by atoms with Gasteiger partial charge in [0, 0.05) is 22.8 Å². The molecule has 0 bridgehead atoms. The highest BCUT2D eigenvalue weighted by atomic mass is 32.1. The zero-order valence-electron chi connectivity index (χ0n) is 27.9. The fraction of sp³-hybridized carbons (Fsp3) is 0.171. The molecule has 0 aliphatic heterocycles. The van der Waals surface area contributed by atoms with E-state index in [-0.39, 0.29) is 5.97 Å². The molecule has 1 amide bonds. The first kappa shape index (κ1) is 36.4. The molecule has 2 heterocycles. The molecule has 9 heteroatoms. The molecule has 0 spiro atoms. The Labute approximate surface area is 301 Å². The Kier molecular flexibility index (Phi) is 14.1. The summed E-state index contributed by atoms with van der Waals surface area (Å²) in [5.74, 6) is -0.758. The molecule has 0 saturated heterocycles. The van der Waals surface area contributed by atoms with Crippen LogP contribution in [0, 0.1) is 0 Å². The number of esters is 1. The molecule has 50 heavy (non-hydrogen) atoms. The lowest BCUT2D eigenvalue weighted by atomic mass is 10.1. The van der Waals surface area contributed by atoms with Gasteiger partial charge in [0.25, 0.3) is 5.91 Å². The molecule has 0 saturated carbocycles. The van der Waals surface area contributed by atoms with Crippen molar-refractivity contribution in [2.75, 3.05) is 20.2 Å². The molecule has 2 aromatic heterocycles. The Morgan fingerprint density at radius 2 is 1.00 bits per heavy atom. The number of amides is 1. The Bertz CT molecular complexity index is 1760. The fourth-order valence-corrected chi connectivity index (χ4v) is 7.00. The summed E-state index contributed by atoms with van der Waals surface area (Å²) in [7, 11) is 1.40. The van der Waals surface area contributed by atoms with E-state index in [4.69, 9.17) is 9.94 Å². The second-order valence-corrected chi connectivity index (χ2v) is 13.6. The maximum absolute atomic E-state index is 11.5. The van der Waals surface area contributed by atoms with Crippen LogP contribution in [0.2, 0.25) is 0 Å². The van der Waals surface area contributed by atoms with Crippen LogP contribution in [0.5, 0.6) is 0 Å². The number of methoxy groups -OCH3 is 1. The molecule has 0 fully saturated rings. The average Bonchev–Trinajstić information content (AvgIpc) is 3.88. The molecule has 6 rings (SSSR count). The van der Waals surface area contributed by atoms with E-state index in [9.17, 15) is 9.59 Å². The van der Waals surface area contributed by atoms with Gasteiger partial charge in [0.1, 0.15) is 4.88 Å². The smallest absolute Gasteiger partial charge is 0.348 e. The van der Waals surface area contributed by atoms with Crippen LogP contribution < -0.4 is 16.1 Å². The molecular weight excluding hydrogens is 663 g/mol. The van der Waals surface area contributed by atoms with Crippen LogP contribution in [0.4, 0.5) is 0 Å². The SMILES string of the molecule is COC(=O)c1ccc(-c2ccc(CNCCc3ccccc3)cc2)s1.O=C(NO)c1ccc(-c2ccc(CNCCc3ccccc3)cc2)s1. The lowest BCUT2D eigenvalue weighted by Gasteiger charge is -2.06.